The first-order valence-corrected chi connectivity index (χ1v) is 7.10. The van der Waals surface area contributed by atoms with E-state index in [-0.39, 0.29) is 10.9 Å². The number of thiocarbonyl (C=S) groups is 1. The van der Waals surface area contributed by atoms with Crippen molar-refractivity contribution in [3.05, 3.63) is 24.2 Å². The van der Waals surface area contributed by atoms with Crippen LogP contribution in [0, 0.1) is 10.8 Å². The molecule has 1 aromatic rings. The molecule has 0 aliphatic rings. The maximum atomic E-state index is 11.9. The zero-order chi connectivity index (χ0) is 16.8. The number of amides is 1. The molecular weight excluding hydrogens is 375 g/mol. The second kappa shape index (κ2) is 8.18. The fraction of sp³-hybridized carbons (Fsp3) is 0.200. The zero-order valence-corrected chi connectivity index (χ0v) is 13.9. The summed E-state index contributed by atoms with van der Waals surface area (Å²) in [6.45, 7) is 0. The number of rotatable bonds is 6. The Balaban J connectivity index is 2.73. The van der Waals surface area contributed by atoms with Crippen LogP contribution in [0.15, 0.2) is 22.8 Å². The lowest BCUT2D eigenvalue weighted by Gasteiger charge is -2.28. The van der Waals surface area contributed by atoms with Gasteiger partial charge in [0.2, 0.25) is 3.79 Å². The largest absolute Gasteiger partial charge is 0.459 e. The first-order valence-electron chi connectivity index (χ1n) is 5.55. The van der Waals surface area contributed by atoms with E-state index in [0.29, 0.717) is 0 Å². The third-order valence-corrected chi connectivity index (χ3v) is 3.00. The van der Waals surface area contributed by atoms with Gasteiger partial charge in [-0.2, -0.15) is 0 Å². The third kappa shape index (κ3) is 5.68. The summed E-state index contributed by atoms with van der Waals surface area (Å²) in [5, 5.41) is 19.8. The number of carbonyl (C=O) groups excluding carboxylic acids is 1. The van der Waals surface area contributed by atoms with E-state index in [0.717, 1.165) is 17.7 Å². The fourth-order valence-corrected chi connectivity index (χ4v) is 1.74. The average molecular weight is 386 g/mol. The van der Waals surface area contributed by atoms with Crippen molar-refractivity contribution in [2.45, 2.75) is 9.96 Å². The summed E-state index contributed by atoms with van der Waals surface area (Å²) in [6, 6.07) is 2.97. The van der Waals surface area contributed by atoms with Gasteiger partial charge in [0.05, 0.1) is 6.26 Å². The number of halogens is 3. The molecule has 1 amide bonds. The van der Waals surface area contributed by atoms with Crippen molar-refractivity contribution < 1.29 is 9.21 Å². The molecule has 0 bridgehead atoms. The Hall–Kier alpha value is -1.55. The number of furan rings is 1. The van der Waals surface area contributed by atoms with Gasteiger partial charge in [-0.3, -0.25) is 21.0 Å². The highest BCUT2D eigenvalue weighted by molar-refractivity contribution is 7.80. The van der Waals surface area contributed by atoms with Crippen LogP contribution in [0.2, 0.25) is 0 Å². The monoisotopic (exact) mass is 384 g/mol. The van der Waals surface area contributed by atoms with Gasteiger partial charge in [-0.1, -0.05) is 34.8 Å². The molecule has 0 aliphatic carbocycles. The number of alkyl halides is 3. The number of nitrogens with zero attached hydrogens (tertiary/aromatic N) is 1. The Labute approximate surface area is 146 Å². The summed E-state index contributed by atoms with van der Waals surface area (Å²) in [5.74, 6) is -0.590. The smallest absolute Gasteiger partial charge is 0.288 e. The minimum absolute atomic E-state index is 0.0283. The van der Waals surface area contributed by atoms with Crippen molar-refractivity contribution in [3.63, 3.8) is 0 Å². The molecule has 120 valence electrons. The maximum absolute atomic E-state index is 11.9. The SMILES string of the molecule is N=CN(C=N)NC(=S)NC(NC(=O)c1ccco1)C(Cl)(Cl)Cl. The number of hydrogen-bond acceptors (Lipinski definition) is 5. The molecule has 0 aromatic carbocycles. The van der Waals surface area contributed by atoms with E-state index in [4.69, 9.17) is 62.3 Å². The summed E-state index contributed by atoms with van der Waals surface area (Å²) in [4.78, 5) is 11.9. The molecule has 1 heterocycles. The lowest BCUT2D eigenvalue weighted by molar-refractivity contribution is 0.0906. The maximum Gasteiger partial charge on any atom is 0.288 e. The van der Waals surface area contributed by atoms with E-state index in [9.17, 15) is 4.79 Å². The Morgan fingerprint density at radius 3 is 2.45 bits per heavy atom. The Bertz CT molecular complexity index is 539. The lowest BCUT2D eigenvalue weighted by Crippen LogP contribution is -2.59. The summed E-state index contributed by atoms with van der Waals surface area (Å²) in [6.07, 6.45) is 1.73. The van der Waals surface area contributed by atoms with E-state index in [1.54, 1.807) is 0 Å². The van der Waals surface area contributed by atoms with Crippen molar-refractivity contribution in [1.29, 1.82) is 10.8 Å². The topological polar surface area (TPSA) is 117 Å². The van der Waals surface area contributed by atoms with Crippen LogP contribution >= 0.6 is 47.0 Å². The summed E-state index contributed by atoms with van der Waals surface area (Å²) < 4.78 is 3.01. The predicted molar refractivity (Wildman–Crippen MR) is 88.5 cm³/mol. The van der Waals surface area contributed by atoms with Crippen LogP contribution in [0.4, 0.5) is 0 Å². The second-order valence-corrected chi connectivity index (χ2v) is 6.45. The fourth-order valence-electron chi connectivity index (χ4n) is 1.19. The standard InChI is InChI=1S/C10H11Cl3N6O2S/c11-10(12,13)8(16-7(20)6-2-1-3-21-6)17-9(22)18-19(4-14)5-15/h1-5,8,14-15H,(H,16,20)(H2,17,18,22). The van der Waals surface area contributed by atoms with Crippen molar-refractivity contribution in [2.75, 3.05) is 0 Å². The highest BCUT2D eigenvalue weighted by Gasteiger charge is 2.35. The average Bonchev–Trinajstić information content (AvgIpc) is 2.97. The molecule has 0 saturated carbocycles. The molecule has 0 spiro atoms. The summed E-state index contributed by atoms with van der Waals surface area (Å²) in [5.41, 5.74) is 2.44. The summed E-state index contributed by atoms with van der Waals surface area (Å²) >= 11 is 22.3. The van der Waals surface area contributed by atoms with Crippen LogP contribution in [0.25, 0.3) is 0 Å². The van der Waals surface area contributed by atoms with Gasteiger partial charge < -0.3 is 15.1 Å². The molecule has 1 rings (SSSR count). The quantitative estimate of drug-likeness (QED) is 0.127. The molecule has 0 aliphatic heterocycles. The molecule has 0 fully saturated rings. The zero-order valence-electron chi connectivity index (χ0n) is 10.8. The first-order chi connectivity index (χ1) is 10.3. The molecule has 8 nitrogen and oxygen atoms in total. The lowest BCUT2D eigenvalue weighted by atomic mass is 10.4. The van der Waals surface area contributed by atoms with Crippen LogP contribution < -0.4 is 16.1 Å². The summed E-state index contributed by atoms with van der Waals surface area (Å²) in [7, 11) is 0. The van der Waals surface area contributed by atoms with Crippen molar-refractivity contribution >= 4 is 70.7 Å². The van der Waals surface area contributed by atoms with Crippen molar-refractivity contribution in [2.24, 2.45) is 0 Å². The Kier molecular flexibility index (Phi) is 6.88. The van der Waals surface area contributed by atoms with Crippen molar-refractivity contribution in [1.82, 2.24) is 21.1 Å². The number of carbonyl (C=O) groups is 1. The number of hydrogen-bond donors (Lipinski definition) is 5. The number of hydrazine groups is 1. The van der Waals surface area contributed by atoms with Gasteiger partial charge in [-0.25, -0.2) is 5.01 Å². The van der Waals surface area contributed by atoms with Gasteiger partial charge in [0.15, 0.2) is 10.9 Å². The molecular formula is C10H11Cl3N6O2S. The van der Waals surface area contributed by atoms with Crippen LogP contribution in [-0.2, 0) is 0 Å². The molecule has 1 atom stereocenters. The van der Waals surface area contributed by atoms with Gasteiger partial charge in [-0.05, 0) is 24.4 Å². The third-order valence-electron chi connectivity index (χ3n) is 2.13. The van der Waals surface area contributed by atoms with Crippen LogP contribution in [0.3, 0.4) is 0 Å². The van der Waals surface area contributed by atoms with E-state index in [2.05, 4.69) is 16.1 Å². The molecule has 12 heteroatoms. The van der Waals surface area contributed by atoms with E-state index >= 15 is 0 Å². The van der Waals surface area contributed by atoms with Crippen molar-refractivity contribution in [3.8, 4) is 0 Å². The number of nitrogens with one attached hydrogen (secondary N) is 5. The van der Waals surface area contributed by atoms with E-state index in [1.807, 2.05) is 0 Å². The highest BCUT2D eigenvalue weighted by Crippen LogP contribution is 2.29. The Morgan fingerprint density at radius 2 is 2.00 bits per heavy atom. The molecule has 1 unspecified atom stereocenters. The molecule has 0 radical (unpaired) electrons. The van der Waals surface area contributed by atoms with E-state index < -0.39 is 15.9 Å². The van der Waals surface area contributed by atoms with Gasteiger partial charge in [0.1, 0.15) is 18.8 Å². The van der Waals surface area contributed by atoms with Gasteiger partial charge in [0.25, 0.3) is 5.91 Å². The van der Waals surface area contributed by atoms with Gasteiger partial charge >= 0.3 is 0 Å². The van der Waals surface area contributed by atoms with Gasteiger partial charge in [0, 0.05) is 0 Å². The molecule has 5 N–H and O–H groups in total. The first kappa shape index (κ1) is 18.5. The molecule has 22 heavy (non-hydrogen) atoms. The highest BCUT2D eigenvalue weighted by atomic mass is 35.6. The normalized spacial score (nSPS) is 12.0. The van der Waals surface area contributed by atoms with Crippen LogP contribution in [-0.4, -0.2) is 38.7 Å². The molecule has 1 aromatic heterocycles. The minimum Gasteiger partial charge on any atom is -0.459 e. The Morgan fingerprint density at radius 1 is 1.36 bits per heavy atom. The second-order valence-electron chi connectivity index (χ2n) is 3.68. The van der Waals surface area contributed by atoms with Crippen LogP contribution in [0.5, 0.6) is 0 Å². The van der Waals surface area contributed by atoms with Gasteiger partial charge in [-0.15, -0.1) is 0 Å². The molecule has 0 saturated heterocycles. The minimum atomic E-state index is -1.92. The predicted octanol–water partition coefficient (Wildman–Crippen LogP) is 1.60. The van der Waals surface area contributed by atoms with Crippen LogP contribution in [0.1, 0.15) is 10.6 Å². The van der Waals surface area contributed by atoms with E-state index in [1.165, 1.54) is 18.4 Å².